The second kappa shape index (κ2) is 9.59. The molecule has 0 saturated heterocycles. The number of hydrogen-bond donors (Lipinski definition) is 2. The third-order valence-electron chi connectivity index (χ3n) is 4.32. The maximum Gasteiger partial charge on any atom is 0.307 e. The van der Waals surface area contributed by atoms with Gasteiger partial charge in [0.15, 0.2) is 0 Å². The molecule has 0 spiro atoms. The van der Waals surface area contributed by atoms with Crippen LogP contribution in [0.2, 0.25) is 0 Å². The van der Waals surface area contributed by atoms with Crippen LogP contribution in [-0.2, 0) is 35.7 Å². The standard InChI is InChI=1S/C22H24INO5S/c1-22(2,3)30(27)24-12-17-10-16-8-14(9-18(23)21(16)29-17)13-28-19-7-5-4-6-15(19)11-20(25)26/h4-10,24H,11-13H2,1-3H3,(H,25,26)/t30-/m1/s1. The van der Waals surface area contributed by atoms with E-state index in [-0.39, 0.29) is 11.2 Å². The Morgan fingerprint density at radius 3 is 2.70 bits per heavy atom. The van der Waals surface area contributed by atoms with Crippen LogP contribution in [-0.4, -0.2) is 20.4 Å². The topological polar surface area (TPSA) is 94.8 Å². The zero-order valence-electron chi connectivity index (χ0n) is 17.0. The smallest absolute Gasteiger partial charge is 0.307 e. The minimum Gasteiger partial charge on any atom is -0.598 e. The van der Waals surface area contributed by atoms with E-state index in [1.807, 2.05) is 45.0 Å². The van der Waals surface area contributed by atoms with Gasteiger partial charge < -0.3 is 18.8 Å². The first-order chi connectivity index (χ1) is 14.1. The third-order valence-corrected chi connectivity index (χ3v) is 6.64. The molecule has 0 amide bonds. The van der Waals surface area contributed by atoms with E-state index in [2.05, 4.69) is 27.3 Å². The van der Waals surface area contributed by atoms with Crippen LogP contribution in [0.15, 0.2) is 46.9 Å². The molecular formula is C22H24INO5S. The first kappa shape index (κ1) is 22.9. The Labute approximate surface area is 192 Å². The molecule has 6 nitrogen and oxygen atoms in total. The molecular weight excluding hydrogens is 517 g/mol. The van der Waals surface area contributed by atoms with E-state index < -0.39 is 17.3 Å². The van der Waals surface area contributed by atoms with Crippen molar-refractivity contribution >= 4 is 50.9 Å². The molecule has 30 heavy (non-hydrogen) atoms. The number of nitrogens with one attached hydrogen (secondary N) is 1. The first-order valence-electron chi connectivity index (χ1n) is 9.42. The number of halogens is 1. The van der Waals surface area contributed by atoms with Crippen molar-refractivity contribution in [1.82, 2.24) is 4.72 Å². The van der Waals surface area contributed by atoms with Gasteiger partial charge in [0, 0.05) is 22.3 Å². The molecule has 0 aliphatic carbocycles. The van der Waals surface area contributed by atoms with Gasteiger partial charge >= 0.3 is 5.97 Å². The first-order valence-corrected chi connectivity index (χ1v) is 11.6. The number of fused-ring (bicyclic) bond motifs is 1. The summed E-state index contributed by atoms with van der Waals surface area (Å²) in [6.45, 7) is 6.44. The van der Waals surface area contributed by atoms with Crippen molar-refractivity contribution < 1.29 is 23.6 Å². The Morgan fingerprint density at radius 1 is 1.27 bits per heavy atom. The Hall–Kier alpha value is -1.75. The van der Waals surface area contributed by atoms with Crippen molar-refractivity contribution in [2.24, 2.45) is 0 Å². The molecule has 0 saturated carbocycles. The molecule has 1 heterocycles. The number of carboxylic acid groups (broad SMARTS) is 1. The van der Waals surface area contributed by atoms with Crippen LogP contribution in [0, 0.1) is 3.57 Å². The minimum absolute atomic E-state index is 0.0826. The second-order valence-electron chi connectivity index (χ2n) is 7.88. The highest BCUT2D eigenvalue weighted by molar-refractivity contribution is 14.1. The molecule has 160 valence electrons. The van der Waals surface area contributed by atoms with Gasteiger partial charge in [0.05, 0.1) is 16.5 Å². The minimum atomic E-state index is -1.17. The fourth-order valence-electron chi connectivity index (χ4n) is 2.86. The van der Waals surface area contributed by atoms with E-state index >= 15 is 0 Å². The van der Waals surface area contributed by atoms with Gasteiger partial charge in [-0.05, 0) is 73.2 Å². The Morgan fingerprint density at radius 2 is 2.00 bits per heavy atom. The molecule has 0 unspecified atom stereocenters. The number of benzene rings is 2. The zero-order chi connectivity index (χ0) is 21.9. The van der Waals surface area contributed by atoms with E-state index in [4.69, 9.17) is 14.3 Å². The highest BCUT2D eigenvalue weighted by atomic mass is 127. The zero-order valence-corrected chi connectivity index (χ0v) is 20.0. The number of carboxylic acids is 1. The number of aliphatic carboxylic acids is 1. The van der Waals surface area contributed by atoms with Gasteiger partial charge in [0.2, 0.25) is 0 Å². The summed E-state index contributed by atoms with van der Waals surface area (Å²) in [4.78, 5) is 11.0. The predicted molar refractivity (Wildman–Crippen MR) is 126 cm³/mol. The summed E-state index contributed by atoms with van der Waals surface area (Å²) in [6.07, 6.45) is -0.0826. The van der Waals surface area contributed by atoms with Crippen molar-refractivity contribution in [1.29, 1.82) is 0 Å². The molecule has 0 bridgehead atoms. The Balaban J connectivity index is 1.73. The van der Waals surface area contributed by atoms with Gasteiger partial charge in [-0.3, -0.25) is 4.79 Å². The van der Waals surface area contributed by atoms with E-state index in [0.29, 0.717) is 30.2 Å². The van der Waals surface area contributed by atoms with Crippen molar-refractivity contribution in [3.63, 3.8) is 0 Å². The van der Waals surface area contributed by atoms with E-state index in [1.54, 1.807) is 18.2 Å². The fraction of sp³-hybridized carbons (Fsp3) is 0.318. The normalized spacial score (nSPS) is 12.8. The van der Waals surface area contributed by atoms with Crippen LogP contribution in [0.25, 0.3) is 11.0 Å². The average Bonchev–Trinajstić information content (AvgIpc) is 3.08. The molecule has 3 rings (SSSR count). The number of furan rings is 1. The van der Waals surface area contributed by atoms with Crippen molar-refractivity contribution in [2.45, 2.75) is 45.1 Å². The number of hydrogen-bond acceptors (Lipinski definition) is 5. The largest absolute Gasteiger partial charge is 0.598 e. The lowest BCUT2D eigenvalue weighted by molar-refractivity contribution is -0.136. The molecule has 0 fully saturated rings. The highest BCUT2D eigenvalue weighted by Crippen LogP contribution is 2.28. The quantitative estimate of drug-likeness (QED) is 0.315. The van der Waals surface area contributed by atoms with Crippen molar-refractivity contribution in [3.8, 4) is 5.75 Å². The summed E-state index contributed by atoms with van der Waals surface area (Å²) < 4.78 is 27.6. The SMILES string of the molecule is CC(C)(C)[S@@+]([O-])NCc1cc2cc(COc3ccccc3CC(=O)O)cc(I)c2o1. The fourth-order valence-corrected chi connectivity index (χ4v) is 4.39. The van der Waals surface area contributed by atoms with Crippen LogP contribution in [0.5, 0.6) is 5.75 Å². The molecule has 0 radical (unpaired) electrons. The number of rotatable bonds is 8. The van der Waals surface area contributed by atoms with Gasteiger partial charge in [-0.2, -0.15) is 0 Å². The van der Waals surface area contributed by atoms with Gasteiger partial charge in [0.1, 0.15) is 28.4 Å². The van der Waals surface area contributed by atoms with E-state index in [9.17, 15) is 9.35 Å². The molecule has 1 atom stereocenters. The summed E-state index contributed by atoms with van der Waals surface area (Å²) in [5, 5.41) is 10.0. The lowest BCUT2D eigenvalue weighted by Crippen LogP contribution is -2.38. The maximum absolute atomic E-state index is 12.2. The summed E-state index contributed by atoms with van der Waals surface area (Å²) in [5.74, 6) is 0.385. The van der Waals surface area contributed by atoms with Crippen LogP contribution in [0.4, 0.5) is 0 Å². The van der Waals surface area contributed by atoms with E-state index in [0.717, 1.165) is 20.1 Å². The van der Waals surface area contributed by atoms with Gasteiger partial charge in [-0.15, -0.1) is 4.72 Å². The third kappa shape index (κ3) is 5.90. The average molecular weight is 541 g/mol. The maximum atomic E-state index is 12.2. The molecule has 1 aromatic heterocycles. The summed E-state index contributed by atoms with van der Waals surface area (Å²) >= 11 is 1.05. The molecule has 2 N–H and O–H groups in total. The predicted octanol–water partition coefficient (Wildman–Crippen LogP) is 4.80. The monoisotopic (exact) mass is 541 g/mol. The lowest BCUT2D eigenvalue weighted by atomic mass is 10.1. The second-order valence-corrected chi connectivity index (χ2v) is 11.1. The summed E-state index contributed by atoms with van der Waals surface area (Å²) in [5.41, 5.74) is 2.38. The number of ether oxygens (including phenoxy) is 1. The van der Waals surface area contributed by atoms with Gasteiger partial charge in [0.25, 0.3) is 0 Å². The molecule has 0 aliphatic heterocycles. The molecule has 8 heteroatoms. The van der Waals surface area contributed by atoms with Crippen molar-refractivity contribution in [3.05, 3.63) is 62.9 Å². The van der Waals surface area contributed by atoms with Gasteiger partial charge in [-0.1, -0.05) is 18.2 Å². The number of carbonyl (C=O) groups is 1. The van der Waals surface area contributed by atoms with Gasteiger partial charge in [-0.25, -0.2) is 0 Å². The molecule has 3 aromatic rings. The highest BCUT2D eigenvalue weighted by Gasteiger charge is 2.26. The van der Waals surface area contributed by atoms with Crippen LogP contribution in [0.1, 0.15) is 37.7 Å². The molecule has 2 aromatic carbocycles. The lowest BCUT2D eigenvalue weighted by Gasteiger charge is -2.23. The Kier molecular flexibility index (Phi) is 7.33. The van der Waals surface area contributed by atoms with E-state index in [1.165, 1.54) is 0 Å². The number of para-hydroxylation sites is 1. The summed E-state index contributed by atoms with van der Waals surface area (Å²) in [7, 11) is 0. The van der Waals surface area contributed by atoms with Crippen molar-refractivity contribution in [2.75, 3.05) is 0 Å². The Bertz CT molecular complexity index is 1040. The van der Waals surface area contributed by atoms with Crippen LogP contribution in [0.3, 0.4) is 0 Å². The molecule has 0 aliphatic rings. The summed E-state index contributed by atoms with van der Waals surface area (Å²) in [6, 6.07) is 13.1. The van der Waals surface area contributed by atoms with Crippen LogP contribution >= 0.6 is 22.6 Å². The van der Waals surface area contributed by atoms with Crippen LogP contribution < -0.4 is 9.46 Å².